The summed E-state index contributed by atoms with van der Waals surface area (Å²) in [6, 6.07) is 11.3. The molecule has 2 rings (SSSR count). The van der Waals surface area contributed by atoms with Gasteiger partial charge in [0.15, 0.2) is 0 Å². The van der Waals surface area contributed by atoms with Gasteiger partial charge in [0.25, 0.3) is 0 Å². The molecule has 25 heavy (non-hydrogen) atoms. The molecule has 1 amide bonds. The van der Waals surface area contributed by atoms with Gasteiger partial charge >= 0.3 is 0 Å². The summed E-state index contributed by atoms with van der Waals surface area (Å²) in [5.41, 5.74) is 15.5. The molecule has 0 aliphatic carbocycles. The third-order valence-electron chi connectivity index (χ3n) is 4.61. The summed E-state index contributed by atoms with van der Waals surface area (Å²) in [6.07, 6.45) is 6.63. The molecular formula is C21H28N2O2. The van der Waals surface area contributed by atoms with E-state index in [1.165, 1.54) is 5.56 Å². The van der Waals surface area contributed by atoms with Crippen LogP contribution in [0.5, 0.6) is 5.75 Å². The number of carbonyl (C=O) groups excluding carboxylic acids is 1. The minimum Gasteiger partial charge on any atom is -0.506 e. The monoisotopic (exact) mass is 340 g/mol. The minimum absolute atomic E-state index is 0.184. The van der Waals surface area contributed by atoms with Crippen LogP contribution in [-0.4, -0.2) is 11.0 Å². The number of rotatable bonds is 9. The van der Waals surface area contributed by atoms with E-state index in [1.807, 2.05) is 24.3 Å². The van der Waals surface area contributed by atoms with Gasteiger partial charge in [-0.25, -0.2) is 0 Å². The van der Waals surface area contributed by atoms with E-state index in [9.17, 15) is 9.90 Å². The van der Waals surface area contributed by atoms with Gasteiger partial charge in [0.05, 0.1) is 5.69 Å². The Kier molecular flexibility index (Phi) is 6.87. The molecule has 0 saturated heterocycles. The van der Waals surface area contributed by atoms with Gasteiger partial charge in [0.1, 0.15) is 5.75 Å². The fourth-order valence-electron chi connectivity index (χ4n) is 3.19. The topological polar surface area (TPSA) is 89.3 Å². The predicted molar refractivity (Wildman–Crippen MR) is 103 cm³/mol. The zero-order chi connectivity index (χ0) is 18.2. The first kappa shape index (κ1) is 18.8. The number of amides is 1. The second kappa shape index (κ2) is 9.11. The summed E-state index contributed by atoms with van der Waals surface area (Å²) >= 11 is 0. The number of hydrogen-bond acceptors (Lipinski definition) is 3. The number of carbonyl (C=O) groups is 1. The Morgan fingerprint density at radius 3 is 2.32 bits per heavy atom. The standard InChI is InChI=1S/C21H28N2O2/c1-2-3-8-15-10-6-13-18(21(23)25)17(15)12-5-4-9-16-11-7-14-19(22)20(16)24/h6-7,10-11,13-14,24H,2-5,8-9,12,22H2,1H3,(H2,23,25). The lowest BCUT2D eigenvalue weighted by Crippen LogP contribution is -2.15. The van der Waals surface area contributed by atoms with Crippen LogP contribution in [0.2, 0.25) is 0 Å². The average Bonchev–Trinajstić information content (AvgIpc) is 2.60. The molecule has 0 radical (unpaired) electrons. The van der Waals surface area contributed by atoms with Crippen LogP contribution >= 0.6 is 0 Å². The normalized spacial score (nSPS) is 10.8. The van der Waals surface area contributed by atoms with E-state index in [2.05, 4.69) is 13.0 Å². The summed E-state index contributed by atoms with van der Waals surface area (Å²) in [7, 11) is 0. The highest BCUT2D eigenvalue weighted by molar-refractivity contribution is 5.94. The van der Waals surface area contributed by atoms with Crippen molar-refractivity contribution < 1.29 is 9.90 Å². The molecule has 0 heterocycles. The molecule has 2 aromatic carbocycles. The highest BCUT2D eigenvalue weighted by Crippen LogP contribution is 2.26. The van der Waals surface area contributed by atoms with Gasteiger partial charge in [0, 0.05) is 5.56 Å². The number of aryl methyl sites for hydroxylation is 2. The van der Waals surface area contributed by atoms with Crippen LogP contribution in [0.3, 0.4) is 0 Å². The van der Waals surface area contributed by atoms with Gasteiger partial charge in [0.2, 0.25) is 5.91 Å². The molecule has 5 N–H and O–H groups in total. The molecule has 0 bridgehead atoms. The average molecular weight is 340 g/mol. The maximum atomic E-state index is 11.8. The fourth-order valence-corrected chi connectivity index (χ4v) is 3.19. The van der Waals surface area contributed by atoms with Crippen LogP contribution < -0.4 is 11.5 Å². The van der Waals surface area contributed by atoms with Crippen LogP contribution in [-0.2, 0) is 19.3 Å². The summed E-state index contributed by atoms with van der Waals surface area (Å²) in [5, 5.41) is 9.99. The summed E-state index contributed by atoms with van der Waals surface area (Å²) in [4.78, 5) is 11.8. The van der Waals surface area contributed by atoms with Crippen LogP contribution in [0.25, 0.3) is 0 Å². The van der Waals surface area contributed by atoms with Crippen molar-refractivity contribution in [3.8, 4) is 5.75 Å². The van der Waals surface area contributed by atoms with Crippen molar-refractivity contribution in [2.75, 3.05) is 5.73 Å². The van der Waals surface area contributed by atoms with Crippen LogP contribution in [0, 0.1) is 0 Å². The van der Waals surface area contributed by atoms with Gasteiger partial charge in [-0.3, -0.25) is 4.79 Å². The second-order valence-corrected chi connectivity index (χ2v) is 6.47. The number of primary amides is 1. The van der Waals surface area contributed by atoms with E-state index in [-0.39, 0.29) is 11.7 Å². The molecule has 0 atom stereocenters. The first-order valence-electron chi connectivity index (χ1n) is 9.01. The van der Waals surface area contributed by atoms with Gasteiger partial charge < -0.3 is 16.6 Å². The smallest absolute Gasteiger partial charge is 0.248 e. The molecule has 134 valence electrons. The van der Waals surface area contributed by atoms with E-state index in [0.717, 1.165) is 56.1 Å². The first-order chi connectivity index (χ1) is 12.0. The van der Waals surface area contributed by atoms with E-state index in [0.29, 0.717) is 11.3 Å². The molecule has 0 unspecified atom stereocenters. The zero-order valence-corrected chi connectivity index (χ0v) is 14.9. The van der Waals surface area contributed by atoms with Crippen molar-refractivity contribution in [3.05, 3.63) is 58.7 Å². The highest BCUT2D eigenvalue weighted by atomic mass is 16.3. The molecule has 0 spiro atoms. The summed E-state index contributed by atoms with van der Waals surface area (Å²) in [6.45, 7) is 2.16. The van der Waals surface area contributed by atoms with E-state index in [4.69, 9.17) is 11.5 Å². The summed E-state index contributed by atoms with van der Waals surface area (Å²) in [5.74, 6) is -0.175. The first-order valence-corrected chi connectivity index (χ1v) is 9.01. The Balaban J connectivity index is 2.03. The predicted octanol–water partition coefficient (Wildman–Crippen LogP) is 3.98. The van der Waals surface area contributed by atoms with E-state index < -0.39 is 0 Å². The van der Waals surface area contributed by atoms with Crippen LogP contribution in [0.4, 0.5) is 5.69 Å². The van der Waals surface area contributed by atoms with Gasteiger partial charge in [-0.2, -0.15) is 0 Å². The van der Waals surface area contributed by atoms with Gasteiger partial charge in [-0.1, -0.05) is 37.6 Å². The lowest BCUT2D eigenvalue weighted by atomic mass is 9.92. The second-order valence-electron chi connectivity index (χ2n) is 6.47. The Morgan fingerprint density at radius 2 is 1.60 bits per heavy atom. The van der Waals surface area contributed by atoms with Crippen molar-refractivity contribution in [2.45, 2.75) is 51.9 Å². The molecule has 0 aliphatic heterocycles. The molecule has 0 aromatic heterocycles. The maximum Gasteiger partial charge on any atom is 0.248 e. The van der Waals surface area contributed by atoms with Crippen molar-refractivity contribution in [2.24, 2.45) is 5.73 Å². The van der Waals surface area contributed by atoms with E-state index >= 15 is 0 Å². The van der Waals surface area contributed by atoms with Gasteiger partial charge in [-0.15, -0.1) is 0 Å². The van der Waals surface area contributed by atoms with Crippen LogP contribution in [0.15, 0.2) is 36.4 Å². The summed E-state index contributed by atoms with van der Waals surface area (Å²) < 4.78 is 0. The SMILES string of the molecule is CCCCc1cccc(C(N)=O)c1CCCCc1cccc(N)c1O. The van der Waals surface area contributed by atoms with Crippen LogP contribution in [0.1, 0.15) is 59.7 Å². The van der Waals surface area contributed by atoms with Crippen molar-refractivity contribution in [1.29, 1.82) is 0 Å². The lowest BCUT2D eigenvalue weighted by molar-refractivity contribution is 0.0999. The van der Waals surface area contributed by atoms with Gasteiger partial charge in [-0.05, 0) is 67.3 Å². The molecule has 4 heteroatoms. The lowest BCUT2D eigenvalue weighted by Gasteiger charge is -2.13. The quantitative estimate of drug-likeness (QED) is 0.366. The number of hydrogen-bond donors (Lipinski definition) is 3. The maximum absolute atomic E-state index is 11.8. The number of unbranched alkanes of at least 4 members (excludes halogenated alkanes) is 2. The van der Waals surface area contributed by atoms with E-state index in [1.54, 1.807) is 6.07 Å². The molecule has 0 fully saturated rings. The Morgan fingerprint density at radius 1 is 0.960 bits per heavy atom. The highest BCUT2D eigenvalue weighted by Gasteiger charge is 2.12. The molecule has 2 aromatic rings. The molecule has 0 aliphatic rings. The third kappa shape index (κ3) is 4.99. The number of anilines is 1. The zero-order valence-electron chi connectivity index (χ0n) is 14.9. The number of nitrogens with two attached hydrogens (primary N) is 2. The Labute approximate surface area is 149 Å². The Hall–Kier alpha value is -2.49. The molecule has 0 saturated carbocycles. The number of phenolic OH excluding ortho intramolecular Hbond substituents is 1. The molecular weight excluding hydrogens is 312 g/mol. The third-order valence-corrected chi connectivity index (χ3v) is 4.61. The van der Waals surface area contributed by atoms with Crippen molar-refractivity contribution in [1.82, 2.24) is 0 Å². The number of benzene rings is 2. The Bertz CT molecular complexity index is 726. The number of nitrogen functional groups attached to an aromatic ring is 1. The molecule has 4 nitrogen and oxygen atoms in total. The number of phenols is 1. The number of aromatic hydroxyl groups is 1. The largest absolute Gasteiger partial charge is 0.506 e. The fraction of sp³-hybridized carbons (Fsp3) is 0.381. The van der Waals surface area contributed by atoms with Crippen molar-refractivity contribution >= 4 is 11.6 Å². The number of para-hydroxylation sites is 1. The minimum atomic E-state index is -0.359. The van der Waals surface area contributed by atoms with Crippen molar-refractivity contribution in [3.63, 3.8) is 0 Å².